The third-order valence-electron chi connectivity index (χ3n) is 13.0. The van der Waals surface area contributed by atoms with Gasteiger partial charge in [0.15, 0.2) is 6.10 Å². The van der Waals surface area contributed by atoms with Crippen LogP contribution in [0.15, 0.2) is 0 Å². The topological polar surface area (TPSA) is 78.9 Å². The van der Waals surface area contributed by atoms with Gasteiger partial charge in [-0.3, -0.25) is 14.4 Å². The number of unbranched alkanes of at least 4 members (excludes halogenated alkanes) is 36. The zero-order chi connectivity index (χ0) is 46.1. The second kappa shape index (κ2) is 49.8. The molecule has 0 aliphatic rings. The summed E-state index contributed by atoms with van der Waals surface area (Å²) < 4.78 is 16.9. The minimum atomic E-state index is -0.762. The Balaban J connectivity index is 4.28. The van der Waals surface area contributed by atoms with Crippen molar-refractivity contribution in [3.63, 3.8) is 0 Å². The van der Waals surface area contributed by atoms with Gasteiger partial charge in [-0.1, -0.05) is 279 Å². The van der Waals surface area contributed by atoms with Gasteiger partial charge >= 0.3 is 17.9 Å². The van der Waals surface area contributed by atoms with Gasteiger partial charge in [-0.15, -0.1) is 0 Å². The lowest BCUT2D eigenvalue weighted by atomic mass is 10.0. The van der Waals surface area contributed by atoms with Crippen LogP contribution < -0.4 is 0 Å². The van der Waals surface area contributed by atoms with Crippen LogP contribution in [0.1, 0.15) is 317 Å². The third-order valence-corrected chi connectivity index (χ3v) is 13.0. The van der Waals surface area contributed by atoms with E-state index in [1.54, 1.807) is 0 Å². The molecule has 0 radical (unpaired) electrons. The second-order valence-electron chi connectivity index (χ2n) is 20.5. The molecule has 0 aromatic rings. The molecule has 0 heterocycles. The summed E-state index contributed by atoms with van der Waals surface area (Å²) in [6.07, 6.45) is 52.3. The average Bonchev–Trinajstić information content (AvgIpc) is 3.25. The molecule has 0 N–H and O–H groups in total. The zero-order valence-corrected chi connectivity index (χ0v) is 43.2. The third kappa shape index (κ3) is 51.3. The lowest BCUT2D eigenvalue weighted by molar-refractivity contribution is -0.167. The molecule has 1 atom stereocenters. The molecule has 0 aliphatic carbocycles. The Labute approximate surface area is 393 Å². The Bertz CT molecular complexity index is 962. The molecule has 0 aromatic carbocycles. The maximum Gasteiger partial charge on any atom is 0.306 e. The number of hydrogen-bond donors (Lipinski definition) is 0. The van der Waals surface area contributed by atoms with Gasteiger partial charge in [0.1, 0.15) is 13.2 Å². The number of rotatable bonds is 51. The molecule has 0 aromatic heterocycles. The van der Waals surface area contributed by atoms with Crippen molar-refractivity contribution in [2.75, 3.05) is 13.2 Å². The van der Waals surface area contributed by atoms with Gasteiger partial charge in [-0.25, -0.2) is 0 Å². The summed E-state index contributed by atoms with van der Waals surface area (Å²) in [5.41, 5.74) is 0. The predicted octanol–water partition coefficient (Wildman–Crippen LogP) is 18.5. The molecule has 6 heteroatoms. The quantitative estimate of drug-likeness (QED) is 0.0344. The van der Waals surface area contributed by atoms with Crippen molar-refractivity contribution >= 4 is 17.9 Å². The number of carbonyl (C=O) groups is 3. The van der Waals surface area contributed by atoms with E-state index in [0.29, 0.717) is 19.3 Å². The number of carbonyl (C=O) groups excluding carboxylic acids is 3. The first-order chi connectivity index (χ1) is 30.7. The summed E-state index contributed by atoms with van der Waals surface area (Å²) in [5, 5.41) is 0. The van der Waals surface area contributed by atoms with E-state index in [1.165, 1.54) is 205 Å². The van der Waals surface area contributed by atoms with Gasteiger partial charge in [-0.05, 0) is 31.1 Å². The largest absolute Gasteiger partial charge is 0.462 e. The molecule has 0 amide bonds. The van der Waals surface area contributed by atoms with Crippen LogP contribution in [0, 0.1) is 11.8 Å². The number of hydrogen-bond acceptors (Lipinski definition) is 6. The second-order valence-corrected chi connectivity index (χ2v) is 20.5. The molecule has 0 rings (SSSR count). The first-order valence-corrected chi connectivity index (χ1v) is 28.2. The van der Waals surface area contributed by atoms with Gasteiger partial charge in [0.25, 0.3) is 0 Å². The van der Waals surface area contributed by atoms with Crippen LogP contribution >= 0.6 is 0 Å². The van der Waals surface area contributed by atoms with Crippen LogP contribution in [0.2, 0.25) is 0 Å². The molecule has 0 spiro atoms. The number of ether oxygens (including phenoxy) is 3. The van der Waals surface area contributed by atoms with Crippen molar-refractivity contribution in [2.24, 2.45) is 11.8 Å². The smallest absolute Gasteiger partial charge is 0.306 e. The maximum absolute atomic E-state index is 12.8. The molecule has 63 heavy (non-hydrogen) atoms. The lowest BCUT2D eigenvalue weighted by Crippen LogP contribution is -2.30. The minimum Gasteiger partial charge on any atom is -0.462 e. The van der Waals surface area contributed by atoms with Crippen LogP contribution in [0.25, 0.3) is 0 Å². The van der Waals surface area contributed by atoms with Gasteiger partial charge < -0.3 is 14.2 Å². The van der Waals surface area contributed by atoms with Crippen LogP contribution in [-0.4, -0.2) is 37.2 Å². The molecule has 0 unspecified atom stereocenters. The first kappa shape index (κ1) is 61.4. The summed E-state index contributed by atoms with van der Waals surface area (Å²) in [7, 11) is 0. The SMILES string of the molecule is CCCCCCCCCCCCCCCC(=O)OC[C@@H](COC(=O)CCCCCCCCCCCCC(C)C)OC(=O)CCCCCCCCCCCCCCCCCCC(C)C. The van der Waals surface area contributed by atoms with Gasteiger partial charge in [0, 0.05) is 19.3 Å². The molecular formula is C57H110O6. The molecule has 0 saturated heterocycles. The molecule has 374 valence electrons. The molecule has 0 aliphatic heterocycles. The first-order valence-electron chi connectivity index (χ1n) is 28.2. The van der Waals surface area contributed by atoms with Crippen molar-refractivity contribution in [1.29, 1.82) is 0 Å². The Morgan fingerprint density at radius 3 is 0.778 bits per heavy atom. The van der Waals surface area contributed by atoms with E-state index in [-0.39, 0.29) is 31.1 Å². The Morgan fingerprint density at radius 2 is 0.524 bits per heavy atom. The Kier molecular flexibility index (Phi) is 48.6. The average molecular weight is 892 g/mol. The van der Waals surface area contributed by atoms with E-state index in [0.717, 1.165) is 69.6 Å². The van der Waals surface area contributed by atoms with E-state index in [4.69, 9.17) is 14.2 Å². The zero-order valence-electron chi connectivity index (χ0n) is 43.2. The highest BCUT2D eigenvalue weighted by Crippen LogP contribution is 2.18. The van der Waals surface area contributed by atoms with Crippen LogP contribution in [-0.2, 0) is 28.6 Å². The molecule has 0 bridgehead atoms. The molecule has 0 fully saturated rings. The summed E-state index contributed by atoms with van der Waals surface area (Å²) in [6.45, 7) is 11.4. The minimum absolute atomic E-state index is 0.0629. The van der Waals surface area contributed by atoms with Crippen molar-refractivity contribution in [3.05, 3.63) is 0 Å². The molecular weight excluding hydrogens is 781 g/mol. The van der Waals surface area contributed by atoms with E-state index >= 15 is 0 Å². The summed E-state index contributed by atoms with van der Waals surface area (Å²) >= 11 is 0. The summed E-state index contributed by atoms with van der Waals surface area (Å²) in [6, 6.07) is 0. The van der Waals surface area contributed by atoms with Crippen molar-refractivity contribution < 1.29 is 28.6 Å². The van der Waals surface area contributed by atoms with Crippen molar-refractivity contribution in [3.8, 4) is 0 Å². The summed E-state index contributed by atoms with van der Waals surface area (Å²) in [4.78, 5) is 38.1. The monoisotopic (exact) mass is 891 g/mol. The van der Waals surface area contributed by atoms with Crippen LogP contribution in [0.3, 0.4) is 0 Å². The van der Waals surface area contributed by atoms with E-state index in [9.17, 15) is 14.4 Å². The van der Waals surface area contributed by atoms with Crippen LogP contribution in [0.4, 0.5) is 0 Å². The summed E-state index contributed by atoms with van der Waals surface area (Å²) in [5.74, 6) is 0.829. The van der Waals surface area contributed by atoms with E-state index in [1.807, 2.05) is 0 Å². The Hall–Kier alpha value is -1.59. The highest BCUT2D eigenvalue weighted by atomic mass is 16.6. The highest BCUT2D eigenvalue weighted by molar-refractivity contribution is 5.71. The normalized spacial score (nSPS) is 12.0. The van der Waals surface area contributed by atoms with Gasteiger partial charge in [0.2, 0.25) is 0 Å². The molecule has 0 saturated carbocycles. The van der Waals surface area contributed by atoms with Crippen molar-refractivity contribution in [1.82, 2.24) is 0 Å². The fraction of sp³-hybridized carbons (Fsp3) is 0.947. The van der Waals surface area contributed by atoms with E-state index < -0.39 is 6.10 Å². The maximum atomic E-state index is 12.8. The predicted molar refractivity (Wildman–Crippen MR) is 270 cm³/mol. The Morgan fingerprint density at radius 1 is 0.302 bits per heavy atom. The lowest BCUT2D eigenvalue weighted by Gasteiger charge is -2.18. The fourth-order valence-corrected chi connectivity index (χ4v) is 8.70. The molecule has 6 nitrogen and oxygen atoms in total. The number of esters is 3. The van der Waals surface area contributed by atoms with Gasteiger partial charge in [0.05, 0.1) is 0 Å². The van der Waals surface area contributed by atoms with Crippen LogP contribution in [0.5, 0.6) is 0 Å². The van der Waals surface area contributed by atoms with Gasteiger partial charge in [-0.2, -0.15) is 0 Å². The fourth-order valence-electron chi connectivity index (χ4n) is 8.70. The van der Waals surface area contributed by atoms with Crippen molar-refractivity contribution in [2.45, 2.75) is 323 Å². The standard InChI is InChI=1S/C57H110O6/c1-6-7-8-9-10-11-12-17-21-27-32-37-42-47-55(58)61-50-54(51-62-56(59)48-43-38-33-28-24-23-26-31-36-41-46-53(4)5)63-57(60)49-44-39-34-29-22-19-16-14-13-15-18-20-25-30-35-40-45-52(2)3/h52-54H,6-51H2,1-5H3/t54-/m0/s1. The van der Waals surface area contributed by atoms with E-state index in [2.05, 4.69) is 34.6 Å². The highest BCUT2D eigenvalue weighted by Gasteiger charge is 2.19.